The molecule has 1 aliphatic rings. The summed E-state index contributed by atoms with van der Waals surface area (Å²) in [5.41, 5.74) is 0. The molecule has 1 fully saturated rings. The van der Waals surface area contributed by atoms with Gasteiger partial charge in [-0.15, -0.1) is 0 Å². The molecule has 4 atom stereocenters. The normalized spacial score (nSPS) is 25.1. The number of hydrogen-bond acceptors (Lipinski definition) is 3. The molecular formula is C14H21N3O3. The summed E-state index contributed by atoms with van der Waals surface area (Å²) in [6.07, 6.45) is 8.37. The van der Waals surface area contributed by atoms with Crippen LogP contribution in [0.3, 0.4) is 0 Å². The van der Waals surface area contributed by atoms with Crippen LogP contribution in [0.5, 0.6) is 0 Å². The minimum absolute atomic E-state index is 0.0557. The van der Waals surface area contributed by atoms with E-state index in [9.17, 15) is 9.59 Å². The number of rotatable bonds is 5. The molecule has 0 saturated heterocycles. The highest BCUT2D eigenvalue weighted by molar-refractivity contribution is 5.84. The van der Waals surface area contributed by atoms with Gasteiger partial charge in [0.25, 0.3) is 0 Å². The lowest BCUT2D eigenvalue weighted by Gasteiger charge is -2.24. The van der Waals surface area contributed by atoms with Crippen molar-refractivity contribution in [3.8, 4) is 0 Å². The van der Waals surface area contributed by atoms with Crippen LogP contribution in [0, 0.1) is 11.8 Å². The average molecular weight is 279 g/mol. The molecule has 6 heteroatoms. The fraction of sp³-hybridized carbons (Fsp3) is 0.643. The van der Waals surface area contributed by atoms with Crippen LogP contribution >= 0.6 is 0 Å². The average Bonchev–Trinajstić information content (AvgIpc) is 3.06. The van der Waals surface area contributed by atoms with Gasteiger partial charge in [-0.25, -0.2) is 4.98 Å². The molecular weight excluding hydrogens is 258 g/mol. The van der Waals surface area contributed by atoms with Crippen LogP contribution in [-0.2, 0) is 9.59 Å². The third kappa shape index (κ3) is 3.00. The van der Waals surface area contributed by atoms with Gasteiger partial charge < -0.3 is 15.0 Å². The zero-order valence-corrected chi connectivity index (χ0v) is 11.8. The van der Waals surface area contributed by atoms with Gasteiger partial charge in [0.2, 0.25) is 5.91 Å². The first-order valence-electron chi connectivity index (χ1n) is 7.01. The summed E-state index contributed by atoms with van der Waals surface area (Å²) in [6, 6.07) is 0.272. The number of carboxylic acids is 1. The number of nitrogens with one attached hydrogen (secondary N) is 1. The van der Waals surface area contributed by atoms with E-state index in [0.717, 1.165) is 19.3 Å². The van der Waals surface area contributed by atoms with E-state index < -0.39 is 17.8 Å². The first kappa shape index (κ1) is 14.6. The Bertz CT molecular complexity index is 472. The number of amides is 1. The van der Waals surface area contributed by atoms with Crippen LogP contribution in [0.15, 0.2) is 18.7 Å². The SMILES string of the molecule is CC(C(=O)O)C(C)C(=O)NC1CCCC1n1ccnc1. The number of hydrogen-bond donors (Lipinski definition) is 2. The summed E-state index contributed by atoms with van der Waals surface area (Å²) in [5.74, 6) is -2.33. The van der Waals surface area contributed by atoms with Crippen LogP contribution in [0.2, 0.25) is 0 Å². The minimum Gasteiger partial charge on any atom is -0.481 e. The van der Waals surface area contributed by atoms with Gasteiger partial charge in [-0.05, 0) is 19.3 Å². The molecule has 0 bridgehead atoms. The molecule has 20 heavy (non-hydrogen) atoms. The van der Waals surface area contributed by atoms with Gasteiger partial charge in [0.05, 0.1) is 18.3 Å². The first-order valence-corrected chi connectivity index (χ1v) is 7.01. The van der Waals surface area contributed by atoms with Gasteiger partial charge >= 0.3 is 5.97 Å². The summed E-state index contributed by atoms with van der Waals surface area (Å²) >= 11 is 0. The van der Waals surface area contributed by atoms with Crippen molar-refractivity contribution in [2.24, 2.45) is 11.8 Å². The maximum atomic E-state index is 12.2. The molecule has 0 aliphatic heterocycles. The topological polar surface area (TPSA) is 84.2 Å². The Hall–Kier alpha value is -1.85. The largest absolute Gasteiger partial charge is 0.481 e. The molecule has 2 rings (SSSR count). The van der Waals surface area contributed by atoms with E-state index >= 15 is 0 Å². The van der Waals surface area contributed by atoms with E-state index in [2.05, 4.69) is 10.3 Å². The quantitative estimate of drug-likeness (QED) is 0.854. The first-order chi connectivity index (χ1) is 9.50. The molecule has 0 aromatic carbocycles. The number of carbonyl (C=O) groups excluding carboxylic acids is 1. The molecule has 1 amide bonds. The van der Waals surface area contributed by atoms with Crippen LogP contribution in [0.4, 0.5) is 0 Å². The van der Waals surface area contributed by atoms with Crippen molar-refractivity contribution in [3.05, 3.63) is 18.7 Å². The number of aliphatic carboxylic acids is 1. The molecule has 0 radical (unpaired) electrons. The lowest BCUT2D eigenvalue weighted by molar-refractivity contribution is -0.146. The molecule has 1 aliphatic carbocycles. The summed E-state index contributed by atoms with van der Waals surface area (Å²) in [7, 11) is 0. The smallest absolute Gasteiger partial charge is 0.307 e. The van der Waals surface area contributed by atoms with E-state index in [1.54, 1.807) is 26.4 Å². The zero-order chi connectivity index (χ0) is 14.7. The highest BCUT2D eigenvalue weighted by Crippen LogP contribution is 2.30. The van der Waals surface area contributed by atoms with E-state index in [-0.39, 0.29) is 18.0 Å². The van der Waals surface area contributed by atoms with Crippen molar-refractivity contribution in [2.75, 3.05) is 0 Å². The molecule has 4 unspecified atom stereocenters. The van der Waals surface area contributed by atoms with E-state index in [1.165, 1.54) is 0 Å². The Morgan fingerprint density at radius 2 is 2.10 bits per heavy atom. The van der Waals surface area contributed by atoms with Crippen molar-refractivity contribution >= 4 is 11.9 Å². The number of carbonyl (C=O) groups is 2. The second kappa shape index (κ2) is 6.07. The minimum atomic E-state index is -0.940. The summed E-state index contributed by atoms with van der Waals surface area (Å²) in [6.45, 7) is 3.23. The van der Waals surface area contributed by atoms with E-state index in [1.807, 2.05) is 10.8 Å². The second-order valence-electron chi connectivity index (χ2n) is 5.54. The molecule has 6 nitrogen and oxygen atoms in total. The molecule has 2 N–H and O–H groups in total. The Morgan fingerprint density at radius 1 is 1.35 bits per heavy atom. The van der Waals surface area contributed by atoms with Gasteiger partial charge in [0, 0.05) is 24.4 Å². The molecule has 1 aromatic heterocycles. The molecule has 1 aromatic rings. The fourth-order valence-corrected chi connectivity index (χ4v) is 2.69. The van der Waals surface area contributed by atoms with Crippen molar-refractivity contribution < 1.29 is 14.7 Å². The van der Waals surface area contributed by atoms with Crippen molar-refractivity contribution in [1.29, 1.82) is 0 Å². The lowest BCUT2D eigenvalue weighted by atomic mass is 9.95. The summed E-state index contributed by atoms with van der Waals surface area (Å²) in [4.78, 5) is 27.1. The van der Waals surface area contributed by atoms with Gasteiger partial charge in [0.15, 0.2) is 0 Å². The maximum Gasteiger partial charge on any atom is 0.307 e. The van der Waals surface area contributed by atoms with Crippen LogP contribution in [0.25, 0.3) is 0 Å². The Kier molecular flexibility index (Phi) is 4.42. The zero-order valence-electron chi connectivity index (χ0n) is 11.8. The Morgan fingerprint density at radius 3 is 2.70 bits per heavy atom. The van der Waals surface area contributed by atoms with E-state index in [4.69, 9.17) is 5.11 Å². The predicted molar refractivity (Wildman–Crippen MR) is 73.0 cm³/mol. The Balaban J connectivity index is 1.98. The van der Waals surface area contributed by atoms with Gasteiger partial charge in [-0.3, -0.25) is 9.59 Å². The highest BCUT2D eigenvalue weighted by atomic mass is 16.4. The maximum absolute atomic E-state index is 12.2. The molecule has 110 valence electrons. The lowest BCUT2D eigenvalue weighted by Crippen LogP contribution is -2.43. The van der Waals surface area contributed by atoms with Crippen LogP contribution in [0.1, 0.15) is 39.2 Å². The van der Waals surface area contributed by atoms with Gasteiger partial charge in [-0.2, -0.15) is 0 Å². The highest BCUT2D eigenvalue weighted by Gasteiger charge is 2.33. The number of nitrogens with zero attached hydrogens (tertiary/aromatic N) is 2. The molecule has 1 heterocycles. The third-order valence-corrected chi connectivity index (χ3v) is 4.27. The standard InChI is InChI=1S/C14H21N3O3/c1-9(10(2)14(19)20)13(18)16-11-4-3-5-12(11)17-7-6-15-8-17/h6-12H,3-5H2,1-2H3,(H,16,18)(H,19,20). The van der Waals surface area contributed by atoms with Gasteiger partial charge in [0.1, 0.15) is 0 Å². The molecule has 1 saturated carbocycles. The summed E-state index contributed by atoms with van der Waals surface area (Å²) < 4.78 is 2.02. The fourth-order valence-electron chi connectivity index (χ4n) is 2.69. The van der Waals surface area contributed by atoms with Crippen molar-refractivity contribution in [2.45, 2.75) is 45.2 Å². The monoisotopic (exact) mass is 279 g/mol. The molecule has 0 spiro atoms. The van der Waals surface area contributed by atoms with Gasteiger partial charge in [-0.1, -0.05) is 13.8 Å². The van der Waals surface area contributed by atoms with Crippen molar-refractivity contribution in [3.63, 3.8) is 0 Å². The number of aromatic nitrogens is 2. The summed E-state index contributed by atoms with van der Waals surface area (Å²) in [5, 5.41) is 12.0. The predicted octanol–water partition coefficient (Wildman–Crippen LogP) is 1.45. The van der Waals surface area contributed by atoms with E-state index in [0.29, 0.717) is 0 Å². The van der Waals surface area contributed by atoms with Crippen LogP contribution < -0.4 is 5.32 Å². The number of imidazole rings is 1. The Labute approximate surface area is 118 Å². The van der Waals surface area contributed by atoms with Crippen LogP contribution in [-0.4, -0.2) is 32.6 Å². The third-order valence-electron chi connectivity index (χ3n) is 4.27. The number of carboxylic acid groups (broad SMARTS) is 1. The van der Waals surface area contributed by atoms with Crippen molar-refractivity contribution in [1.82, 2.24) is 14.9 Å². The second-order valence-corrected chi connectivity index (χ2v) is 5.54.